The van der Waals surface area contributed by atoms with Crippen molar-refractivity contribution in [3.05, 3.63) is 34.9 Å². The van der Waals surface area contributed by atoms with Gasteiger partial charge in [0.2, 0.25) is 0 Å². The van der Waals surface area contributed by atoms with Gasteiger partial charge < -0.3 is 10.1 Å². The van der Waals surface area contributed by atoms with Crippen LogP contribution in [0.3, 0.4) is 0 Å². The first-order valence-electron chi connectivity index (χ1n) is 6.26. The van der Waals surface area contributed by atoms with E-state index in [0.29, 0.717) is 6.54 Å². The van der Waals surface area contributed by atoms with Gasteiger partial charge in [0.15, 0.2) is 0 Å². The van der Waals surface area contributed by atoms with Crippen LogP contribution in [0.1, 0.15) is 37.5 Å². The zero-order chi connectivity index (χ0) is 13.8. The smallest absolute Gasteiger partial charge is 0.320 e. The molecule has 0 bridgehead atoms. The van der Waals surface area contributed by atoms with Crippen molar-refractivity contribution in [1.82, 2.24) is 5.32 Å². The number of hydrogen-bond donors (Lipinski definition) is 1. The van der Waals surface area contributed by atoms with Crippen molar-refractivity contribution in [2.24, 2.45) is 0 Å². The van der Waals surface area contributed by atoms with Gasteiger partial charge in [-0.3, -0.25) is 4.79 Å². The lowest BCUT2D eigenvalue weighted by atomic mass is 10.1. The minimum atomic E-state index is -0.418. The monoisotopic (exact) mass is 249 g/mol. The van der Waals surface area contributed by atoms with Gasteiger partial charge in [-0.25, -0.2) is 0 Å². The molecule has 0 aliphatic carbocycles. The fourth-order valence-corrected chi connectivity index (χ4v) is 1.86. The maximum Gasteiger partial charge on any atom is 0.320 e. The largest absolute Gasteiger partial charge is 0.459 e. The summed E-state index contributed by atoms with van der Waals surface area (Å²) in [5.74, 6) is -0.216. The lowest BCUT2D eigenvalue weighted by Gasteiger charge is -2.19. The third kappa shape index (κ3) is 5.82. The van der Waals surface area contributed by atoms with Crippen LogP contribution in [0, 0.1) is 13.8 Å². The number of nitrogens with one attached hydrogen (secondary N) is 1. The molecule has 1 aromatic carbocycles. The molecule has 3 nitrogen and oxygen atoms in total. The van der Waals surface area contributed by atoms with Crippen molar-refractivity contribution in [1.29, 1.82) is 0 Å². The van der Waals surface area contributed by atoms with E-state index >= 15 is 0 Å². The molecule has 3 heteroatoms. The van der Waals surface area contributed by atoms with Crippen LogP contribution >= 0.6 is 0 Å². The van der Waals surface area contributed by atoms with Crippen LogP contribution in [-0.4, -0.2) is 18.1 Å². The van der Waals surface area contributed by atoms with Crippen molar-refractivity contribution in [3.63, 3.8) is 0 Å². The molecule has 0 aliphatic heterocycles. The van der Waals surface area contributed by atoms with E-state index in [9.17, 15) is 4.79 Å². The van der Waals surface area contributed by atoms with E-state index in [-0.39, 0.29) is 12.5 Å². The highest BCUT2D eigenvalue weighted by Crippen LogP contribution is 2.09. The third-order valence-electron chi connectivity index (χ3n) is 2.30. The molecule has 1 N–H and O–H groups in total. The second-order valence-electron chi connectivity index (χ2n) is 5.69. The Hall–Kier alpha value is -1.35. The van der Waals surface area contributed by atoms with E-state index in [1.54, 1.807) is 0 Å². The van der Waals surface area contributed by atoms with Crippen molar-refractivity contribution in [2.45, 2.75) is 46.8 Å². The molecule has 0 saturated carbocycles. The first-order valence-corrected chi connectivity index (χ1v) is 6.26. The highest BCUT2D eigenvalue weighted by Gasteiger charge is 2.15. The zero-order valence-corrected chi connectivity index (χ0v) is 12.0. The van der Waals surface area contributed by atoms with Gasteiger partial charge in [-0.15, -0.1) is 0 Å². The van der Waals surface area contributed by atoms with Gasteiger partial charge in [-0.2, -0.15) is 0 Å². The van der Waals surface area contributed by atoms with Crippen LogP contribution in [0.2, 0.25) is 0 Å². The van der Waals surface area contributed by atoms with E-state index in [0.717, 1.165) is 0 Å². The molecule has 0 spiro atoms. The molecule has 0 radical (unpaired) electrons. The summed E-state index contributed by atoms with van der Waals surface area (Å²) in [6.45, 7) is 10.7. The molecule has 0 heterocycles. The zero-order valence-electron chi connectivity index (χ0n) is 12.0. The Kier molecular flexibility index (Phi) is 4.91. The van der Waals surface area contributed by atoms with Crippen LogP contribution in [0.25, 0.3) is 0 Å². The maximum absolute atomic E-state index is 11.5. The van der Waals surface area contributed by atoms with Crippen molar-refractivity contribution >= 4 is 5.97 Å². The molecule has 0 aliphatic rings. The number of carbonyl (C=O) groups excluding carboxylic acids is 1. The van der Waals surface area contributed by atoms with Gasteiger partial charge in [0.25, 0.3) is 0 Å². The fraction of sp³-hybridized carbons (Fsp3) is 0.533. The second kappa shape index (κ2) is 6.01. The molecule has 1 aromatic rings. The molecule has 18 heavy (non-hydrogen) atoms. The SMILES string of the molecule is Cc1cc(C)cc(CNCC(=O)OC(C)(C)C)c1. The normalized spacial score (nSPS) is 11.4. The lowest BCUT2D eigenvalue weighted by Crippen LogP contribution is -2.31. The van der Waals surface area contributed by atoms with Crippen LogP contribution in [0.5, 0.6) is 0 Å². The number of esters is 1. The van der Waals surface area contributed by atoms with Crippen molar-refractivity contribution in [2.75, 3.05) is 6.54 Å². The Balaban J connectivity index is 2.40. The van der Waals surface area contributed by atoms with Crippen molar-refractivity contribution < 1.29 is 9.53 Å². The molecule has 1 rings (SSSR count). The number of benzene rings is 1. The predicted molar refractivity (Wildman–Crippen MR) is 73.5 cm³/mol. The highest BCUT2D eigenvalue weighted by molar-refractivity contribution is 5.72. The summed E-state index contributed by atoms with van der Waals surface area (Å²) in [5, 5.41) is 3.10. The molecular formula is C15H23NO2. The molecule has 100 valence electrons. The van der Waals surface area contributed by atoms with Crippen LogP contribution in [0.4, 0.5) is 0 Å². The average Bonchev–Trinajstić information content (AvgIpc) is 2.12. The number of hydrogen-bond acceptors (Lipinski definition) is 3. The Labute approximate surface area is 110 Å². The number of aryl methyl sites for hydroxylation is 2. The summed E-state index contributed by atoms with van der Waals surface area (Å²) in [4.78, 5) is 11.5. The number of ether oxygens (including phenoxy) is 1. The maximum atomic E-state index is 11.5. The van der Waals surface area contributed by atoms with Gasteiger partial charge in [0.1, 0.15) is 5.60 Å². The fourth-order valence-electron chi connectivity index (χ4n) is 1.86. The topological polar surface area (TPSA) is 38.3 Å². The lowest BCUT2D eigenvalue weighted by molar-refractivity contribution is -0.153. The molecule has 0 atom stereocenters. The van der Waals surface area contributed by atoms with Gasteiger partial charge >= 0.3 is 5.97 Å². The van der Waals surface area contributed by atoms with Gasteiger partial charge in [0, 0.05) is 6.54 Å². The van der Waals surface area contributed by atoms with E-state index in [4.69, 9.17) is 4.74 Å². The van der Waals surface area contributed by atoms with Crippen LogP contribution < -0.4 is 5.32 Å². The second-order valence-corrected chi connectivity index (χ2v) is 5.69. The van der Waals surface area contributed by atoms with Crippen LogP contribution in [-0.2, 0) is 16.1 Å². The molecule has 0 fully saturated rings. The van der Waals surface area contributed by atoms with Gasteiger partial charge in [-0.1, -0.05) is 29.3 Å². The molecule has 0 aromatic heterocycles. The number of rotatable bonds is 4. The average molecular weight is 249 g/mol. The summed E-state index contributed by atoms with van der Waals surface area (Å²) in [7, 11) is 0. The molecule has 0 amide bonds. The van der Waals surface area contributed by atoms with Crippen LogP contribution in [0.15, 0.2) is 18.2 Å². The Morgan fingerprint density at radius 1 is 1.17 bits per heavy atom. The standard InChI is InChI=1S/C15H23NO2/c1-11-6-12(2)8-13(7-11)9-16-10-14(17)18-15(3,4)5/h6-8,16H,9-10H2,1-5H3. The van der Waals surface area contributed by atoms with Gasteiger partial charge in [-0.05, 0) is 40.2 Å². The quantitative estimate of drug-likeness (QED) is 0.834. The minimum absolute atomic E-state index is 0.216. The molecule has 0 saturated heterocycles. The van der Waals surface area contributed by atoms with E-state index in [2.05, 4.69) is 37.4 Å². The molecule has 0 unspecified atom stereocenters. The Morgan fingerprint density at radius 3 is 2.22 bits per heavy atom. The first-order chi connectivity index (χ1) is 8.26. The summed E-state index contributed by atoms with van der Waals surface area (Å²) < 4.78 is 5.22. The first kappa shape index (κ1) is 14.7. The number of carbonyl (C=O) groups is 1. The van der Waals surface area contributed by atoms with E-state index in [1.165, 1.54) is 16.7 Å². The Bertz CT molecular complexity index is 399. The summed E-state index contributed by atoms with van der Waals surface area (Å²) in [6.07, 6.45) is 0. The van der Waals surface area contributed by atoms with E-state index < -0.39 is 5.60 Å². The van der Waals surface area contributed by atoms with Crippen molar-refractivity contribution in [3.8, 4) is 0 Å². The molecular weight excluding hydrogens is 226 g/mol. The summed E-state index contributed by atoms with van der Waals surface area (Å²) in [5.41, 5.74) is 3.25. The van der Waals surface area contributed by atoms with Gasteiger partial charge in [0.05, 0.1) is 6.54 Å². The third-order valence-corrected chi connectivity index (χ3v) is 2.30. The Morgan fingerprint density at radius 2 is 1.72 bits per heavy atom. The summed E-state index contributed by atoms with van der Waals surface area (Å²) >= 11 is 0. The summed E-state index contributed by atoms with van der Waals surface area (Å²) in [6, 6.07) is 6.38. The predicted octanol–water partition coefficient (Wildman–Crippen LogP) is 2.73. The van der Waals surface area contributed by atoms with E-state index in [1.807, 2.05) is 20.8 Å². The highest BCUT2D eigenvalue weighted by atomic mass is 16.6. The minimum Gasteiger partial charge on any atom is -0.459 e.